The summed E-state index contributed by atoms with van der Waals surface area (Å²) in [6.45, 7) is 1.58. The third-order valence-electron chi connectivity index (χ3n) is 4.15. The number of aromatic nitrogens is 1. The zero-order chi connectivity index (χ0) is 15.2. The van der Waals surface area contributed by atoms with Crippen LogP contribution in [0.5, 0.6) is 0 Å². The minimum Gasteiger partial charge on any atom is -0.321 e. The van der Waals surface area contributed by atoms with Crippen LogP contribution in [-0.4, -0.2) is 25.0 Å². The molecule has 3 rings (SSSR count). The number of H-pyrrole nitrogens is 1. The third kappa shape index (κ3) is 2.04. The van der Waals surface area contributed by atoms with Gasteiger partial charge in [0.15, 0.2) is 0 Å². The highest BCUT2D eigenvalue weighted by atomic mass is 16.2. The molecule has 1 N–H and O–H groups in total. The molecule has 0 unspecified atom stereocenters. The van der Waals surface area contributed by atoms with Gasteiger partial charge >= 0.3 is 5.91 Å². The SMILES string of the molecule is CC(=O)[N+](C)(C)c1ccc2[nH]c(=O)c3ccccc3c2c1. The Hall–Kier alpha value is -2.46. The second-order valence-corrected chi connectivity index (χ2v) is 5.70. The van der Waals surface area contributed by atoms with Gasteiger partial charge in [-0.15, -0.1) is 0 Å². The van der Waals surface area contributed by atoms with E-state index in [1.165, 1.54) is 0 Å². The van der Waals surface area contributed by atoms with E-state index in [1.54, 1.807) is 6.92 Å². The van der Waals surface area contributed by atoms with Crippen LogP contribution in [0.2, 0.25) is 0 Å². The highest BCUT2D eigenvalue weighted by Crippen LogP contribution is 2.28. The van der Waals surface area contributed by atoms with Crippen molar-refractivity contribution in [2.45, 2.75) is 6.92 Å². The van der Waals surface area contributed by atoms with Gasteiger partial charge in [0.2, 0.25) is 0 Å². The topological polar surface area (TPSA) is 49.9 Å². The van der Waals surface area contributed by atoms with Gasteiger partial charge in [-0.2, -0.15) is 0 Å². The molecule has 1 aromatic heterocycles. The molecule has 1 heterocycles. The molecule has 0 bridgehead atoms. The summed E-state index contributed by atoms with van der Waals surface area (Å²) in [6, 6.07) is 13.2. The largest absolute Gasteiger partial charge is 0.321 e. The van der Waals surface area contributed by atoms with Crippen molar-refractivity contribution in [2.24, 2.45) is 0 Å². The van der Waals surface area contributed by atoms with Crippen LogP contribution in [-0.2, 0) is 4.79 Å². The molecule has 0 radical (unpaired) electrons. The quantitative estimate of drug-likeness (QED) is 0.551. The molecule has 2 aromatic carbocycles. The van der Waals surface area contributed by atoms with Crippen LogP contribution in [0.1, 0.15) is 6.92 Å². The highest BCUT2D eigenvalue weighted by Gasteiger charge is 2.25. The number of carbonyl (C=O) groups is 1. The van der Waals surface area contributed by atoms with Crippen molar-refractivity contribution in [2.75, 3.05) is 14.1 Å². The van der Waals surface area contributed by atoms with E-state index in [0.717, 1.165) is 22.0 Å². The monoisotopic (exact) mass is 281 g/mol. The fourth-order valence-electron chi connectivity index (χ4n) is 2.50. The van der Waals surface area contributed by atoms with Gasteiger partial charge in [0, 0.05) is 28.4 Å². The Morgan fingerprint density at radius 2 is 1.67 bits per heavy atom. The number of hydrogen-bond acceptors (Lipinski definition) is 2. The van der Waals surface area contributed by atoms with E-state index in [4.69, 9.17) is 0 Å². The average molecular weight is 281 g/mol. The van der Waals surface area contributed by atoms with Crippen LogP contribution in [0, 0.1) is 0 Å². The number of aromatic amines is 1. The van der Waals surface area contributed by atoms with E-state index in [9.17, 15) is 9.59 Å². The van der Waals surface area contributed by atoms with Crippen LogP contribution in [0.3, 0.4) is 0 Å². The maximum Gasteiger partial charge on any atom is 0.315 e. The Labute approximate surface area is 122 Å². The van der Waals surface area contributed by atoms with Gasteiger partial charge in [0.25, 0.3) is 5.56 Å². The summed E-state index contributed by atoms with van der Waals surface area (Å²) < 4.78 is 0.170. The van der Waals surface area contributed by atoms with Crippen molar-refractivity contribution >= 4 is 33.3 Å². The molecule has 4 nitrogen and oxygen atoms in total. The molecule has 0 saturated heterocycles. The zero-order valence-electron chi connectivity index (χ0n) is 12.3. The molecule has 21 heavy (non-hydrogen) atoms. The average Bonchev–Trinajstić information content (AvgIpc) is 2.47. The lowest BCUT2D eigenvalue weighted by Gasteiger charge is -2.25. The molecular formula is C17H17N2O2+. The lowest BCUT2D eigenvalue weighted by atomic mass is 10.1. The number of carbonyl (C=O) groups excluding carboxylic acids is 1. The maximum absolute atomic E-state index is 12.1. The Morgan fingerprint density at radius 3 is 2.33 bits per heavy atom. The van der Waals surface area contributed by atoms with E-state index in [2.05, 4.69) is 4.98 Å². The molecule has 106 valence electrons. The first-order valence-corrected chi connectivity index (χ1v) is 6.82. The van der Waals surface area contributed by atoms with Crippen LogP contribution in [0.15, 0.2) is 47.3 Å². The van der Waals surface area contributed by atoms with Crippen molar-refractivity contribution in [3.8, 4) is 0 Å². The number of benzene rings is 2. The standard InChI is InChI=1S/C17H16N2O2/c1-11(20)19(2,3)12-8-9-16-15(10-12)13-6-4-5-7-14(13)17(21)18-16/h4-10H,1-3H3/p+1. The Bertz CT molecular complexity index is 923. The maximum atomic E-state index is 12.1. The number of amides is 1. The van der Waals surface area contributed by atoms with Crippen LogP contribution >= 0.6 is 0 Å². The fourth-order valence-corrected chi connectivity index (χ4v) is 2.50. The van der Waals surface area contributed by atoms with E-state index in [-0.39, 0.29) is 15.9 Å². The molecule has 0 fully saturated rings. The van der Waals surface area contributed by atoms with Crippen molar-refractivity contribution in [1.82, 2.24) is 9.47 Å². The fraction of sp³-hybridized carbons (Fsp3) is 0.176. The number of quaternary nitrogens is 1. The van der Waals surface area contributed by atoms with Gasteiger partial charge in [-0.3, -0.25) is 4.79 Å². The van der Waals surface area contributed by atoms with Gasteiger partial charge in [0.1, 0.15) is 5.69 Å². The van der Waals surface area contributed by atoms with Gasteiger partial charge in [-0.25, -0.2) is 9.28 Å². The Morgan fingerprint density at radius 1 is 1.00 bits per heavy atom. The van der Waals surface area contributed by atoms with Crippen molar-refractivity contribution < 1.29 is 4.79 Å². The number of fused-ring (bicyclic) bond motifs is 3. The summed E-state index contributed by atoms with van der Waals surface area (Å²) in [5.41, 5.74) is 1.59. The number of rotatable bonds is 1. The first-order chi connectivity index (χ1) is 9.91. The third-order valence-corrected chi connectivity index (χ3v) is 4.15. The van der Waals surface area contributed by atoms with Crippen LogP contribution in [0.4, 0.5) is 5.69 Å². The summed E-state index contributed by atoms with van der Waals surface area (Å²) in [4.78, 5) is 26.8. The molecule has 4 heteroatoms. The number of nitrogens with zero attached hydrogens (tertiary/aromatic N) is 1. The molecule has 0 atom stereocenters. The molecular weight excluding hydrogens is 264 g/mol. The first kappa shape index (κ1) is 13.5. The smallest absolute Gasteiger partial charge is 0.315 e. The molecule has 0 saturated carbocycles. The summed E-state index contributed by atoms with van der Waals surface area (Å²) in [5.74, 6) is 0.0584. The van der Waals surface area contributed by atoms with E-state index in [1.807, 2.05) is 56.6 Å². The molecule has 0 aliphatic heterocycles. The minimum absolute atomic E-state index is 0.0584. The van der Waals surface area contributed by atoms with E-state index >= 15 is 0 Å². The Kier molecular flexibility index (Phi) is 2.92. The van der Waals surface area contributed by atoms with Crippen molar-refractivity contribution in [3.63, 3.8) is 0 Å². The lowest BCUT2D eigenvalue weighted by Crippen LogP contribution is -2.44. The molecule has 1 amide bonds. The number of nitrogens with one attached hydrogen (secondary N) is 1. The summed E-state index contributed by atoms with van der Waals surface area (Å²) >= 11 is 0. The van der Waals surface area contributed by atoms with E-state index in [0.29, 0.717) is 5.39 Å². The lowest BCUT2D eigenvalue weighted by molar-refractivity contribution is -0.125. The molecule has 0 spiro atoms. The van der Waals surface area contributed by atoms with Gasteiger partial charge in [-0.05, 0) is 17.5 Å². The van der Waals surface area contributed by atoms with E-state index < -0.39 is 0 Å². The second kappa shape index (κ2) is 4.53. The summed E-state index contributed by atoms with van der Waals surface area (Å²) in [5, 5.41) is 2.52. The van der Waals surface area contributed by atoms with Crippen LogP contribution in [0.25, 0.3) is 21.7 Å². The predicted molar refractivity (Wildman–Crippen MR) is 86.4 cm³/mol. The minimum atomic E-state index is -0.0915. The van der Waals surface area contributed by atoms with Crippen molar-refractivity contribution in [1.29, 1.82) is 0 Å². The van der Waals surface area contributed by atoms with Gasteiger partial charge in [0.05, 0.1) is 21.0 Å². The highest BCUT2D eigenvalue weighted by molar-refractivity contribution is 6.06. The number of pyridine rings is 1. The van der Waals surface area contributed by atoms with Crippen LogP contribution < -0.4 is 10.0 Å². The summed E-state index contributed by atoms with van der Waals surface area (Å²) in [6.07, 6.45) is 0. The first-order valence-electron chi connectivity index (χ1n) is 6.82. The molecule has 0 aliphatic carbocycles. The molecule has 0 aliphatic rings. The summed E-state index contributed by atoms with van der Waals surface area (Å²) in [7, 11) is 3.72. The molecule has 3 aromatic rings. The van der Waals surface area contributed by atoms with Gasteiger partial charge < -0.3 is 4.98 Å². The van der Waals surface area contributed by atoms with Gasteiger partial charge in [-0.1, -0.05) is 18.2 Å². The Balaban J connectivity index is 2.41. The zero-order valence-corrected chi connectivity index (χ0v) is 12.3. The normalized spacial score (nSPS) is 12.0. The second-order valence-electron chi connectivity index (χ2n) is 5.70. The van der Waals surface area contributed by atoms with Crippen molar-refractivity contribution in [3.05, 3.63) is 52.8 Å². The number of hydrogen-bond donors (Lipinski definition) is 1. The predicted octanol–water partition coefficient (Wildman–Crippen LogP) is 2.79.